The molecule has 4 amide bonds. The molecule has 1 fully saturated rings. The molecule has 1 unspecified atom stereocenters. The van der Waals surface area contributed by atoms with Crippen LogP contribution in [-0.4, -0.2) is 48.9 Å². The van der Waals surface area contributed by atoms with Gasteiger partial charge in [0.1, 0.15) is 12.1 Å². The molecule has 0 bridgehead atoms. The summed E-state index contributed by atoms with van der Waals surface area (Å²) in [5.74, 6) is -1.08. The lowest BCUT2D eigenvalue weighted by Gasteiger charge is -2.25. The lowest BCUT2D eigenvalue weighted by molar-refractivity contribution is -0.134. The molecule has 1 aliphatic rings. The van der Waals surface area contributed by atoms with Crippen LogP contribution in [-0.2, 0) is 25.0 Å². The molecule has 0 spiro atoms. The van der Waals surface area contributed by atoms with Gasteiger partial charge in [0.15, 0.2) is 15.0 Å². The van der Waals surface area contributed by atoms with E-state index in [2.05, 4.69) is 15.6 Å². The van der Waals surface area contributed by atoms with Crippen molar-refractivity contribution in [2.45, 2.75) is 23.8 Å². The van der Waals surface area contributed by atoms with Crippen LogP contribution in [0.5, 0.6) is 0 Å². The van der Waals surface area contributed by atoms with Crippen molar-refractivity contribution in [1.29, 1.82) is 0 Å². The van der Waals surface area contributed by atoms with Gasteiger partial charge in [-0.1, -0.05) is 48.6 Å². The van der Waals surface area contributed by atoms with Gasteiger partial charge in [0.25, 0.3) is 5.91 Å². The number of sulfone groups is 1. The average molecular weight is 473 g/mol. The highest BCUT2D eigenvalue weighted by molar-refractivity contribution is 7.90. The molecular formula is C21H20N4O5S2. The lowest BCUT2D eigenvalue weighted by atomic mass is 9.87. The van der Waals surface area contributed by atoms with Crippen LogP contribution in [0.3, 0.4) is 0 Å². The van der Waals surface area contributed by atoms with E-state index in [0.29, 0.717) is 22.2 Å². The fraction of sp³-hybridized carbons (Fsp3) is 0.238. The van der Waals surface area contributed by atoms with Crippen molar-refractivity contribution >= 4 is 54.4 Å². The fourth-order valence-electron chi connectivity index (χ4n) is 3.62. The second kappa shape index (κ2) is 7.99. The minimum absolute atomic E-state index is 0.155. The van der Waals surface area contributed by atoms with Gasteiger partial charge in [-0.15, -0.1) is 0 Å². The van der Waals surface area contributed by atoms with Gasteiger partial charge in [-0.05, 0) is 30.2 Å². The number of fused-ring (bicyclic) bond motifs is 1. The topological polar surface area (TPSA) is 126 Å². The number of carbonyl (C=O) groups is 3. The Kier molecular flexibility index (Phi) is 5.47. The molecule has 3 aromatic rings. The SMILES string of the molecule is CCC1(c2ccccc2)NC(=O)N(CC(=O)Nc2nc3ccc(S(C)(=O)=O)cc3s2)C1=O. The van der Waals surface area contributed by atoms with Gasteiger partial charge in [-0.25, -0.2) is 18.2 Å². The van der Waals surface area contributed by atoms with E-state index < -0.39 is 39.8 Å². The molecule has 2 N–H and O–H groups in total. The first-order chi connectivity index (χ1) is 15.1. The lowest BCUT2D eigenvalue weighted by Crippen LogP contribution is -2.44. The summed E-state index contributed by atoms with van der Waals surface area (Å²) in [6, 6.07) is 12.8. The molecule has 32 heavy (non-hydrogen) atoms. The molecular weight excluding hydrogens is 452 g/mol. The summed E-state index contributed by atoms with van der Waals surface area (Å²) in [7, 11) is -3.37. The van der Waals surface area contributed by atoms with Gasteiger partial charge in [-0.2, -0.15) is 0 Å². The first-order valence-corrected chi connectivity index (χ1v) is 12.4. The number of hydrogen-bond donors (Lipinski definition) is 2. The Morgan fingerprint density at radius 1 is 1.19 bits per heavy atom. The Balaban J connectivity index is 1.52. The van der Waals surface area contributed by atoms with Gasteiger partial charge in [-0.3, -0.25) is 14.5 Å². The van der Waals surface area contributed by atoms with Crippen molar-refractivity contribution in [3.63, 3.8) is 0 Å². The molecule has 11 heteroatoms. The summed E-state index contributed by atoms with van der Waals surface area (Å²) >= 11 is 1.11. The number of amides is 4. The standard InChI is InChI=1S/C21H20N4O5S2/c1-3-21(13-7-5-4-6-8-13)18(27)25(20(28)24-21)12-17(26)23-19-22-15-10-9-14(32(2,29)30)11-16(15)31-19/h4-11H,3,12H2,1-2H3,(H,24,28)(H,22,23,26). The highest BCUT2D eigenvalue weighted by Gasteiger charge is 2.51. The van der Waals surface area contributed by atoms with Crippen molar-refractivity contribution in [2.75, 3.05) is 18.1 Å². The molecule has 1 saturated heterocycles. The number of nitrogens with one attached hydrogen (secondary N) is 2. The molecule has 9 nitrogen and oxygen atoms in total. The number of carbonyl (C=O) groups excluding carboxylic acids is 3. The van der Waals surface area contributed by atoms with Gasteiger partial charge < -0.3 is 10.6 Å². The number of imide groups is 1. The van der Waals surface area contributed by atoms with Crippen LogP contribution in [0.25, 0.3) is 10.2 Å². The maximum Gasteiger partial charge on any atom is 0.325 e. The molecule has 0 saturated carbocycles. The molecule has 2 heterocycles. The summed E-state index contributed by atoms with van der Waals surface area (Å²) in [4.78, 5) is 43.6. The molecule has 1 aliphatic heterocycles. The first-order valence-electron chi connectivity index (χ1n) is 9.74. The van der Waals surface area contributed by atoms with Gasteiger partial charge >= 0.3 is 6.03 Å². The molecule has 166 valence electrons. The average Bonchev–Trinajstić information content (AvgIpc) is 3.26. The summed E-state index contributed by atoms with van der Waals surface area (Å²) in [6.07, 6.45) is 1.45. The van der Waals surface area contributed by atoms with E-state index in [-0.39, 0.29) is 10.0 Å². The van der Waals surface area contributed by atoms with E-state index in [1.165, 1.54) is 12.1 Å². The van der Waals surface area contributed by atoms with Crippen molar-refractivity contribution in [1.82, 2.24) is 15.2 Å². The van der Waals surface area contributed by atoms with E-state index >= 15 is 0 Å². The van der Waals surface area contributed by atoms with Crippen LogP contribution >= 0.6 is 11.3 Å². The van der Waals surface area contributed by atoms with Gasteiger partial charge in [0.05, 0.1) is 15.1 Å². The molecule has 1 atom stereocenters. The summed E-state index contributed by atoms with van der Waals surface area (Å²) in [6.45, 7) is 1.32. The number of rotatable bonds is 6. The third-order valence-corrected chi connectivity index (χ3v) is 7.35. The minimum Gasteiger partial charge on any atom is -0.319 e. The second-order valence-electron chi connectivity index (χ2n) is 7.42. The monoisotopic (exact) mass is 472 g/mol. The van der Waals surface area contributed by atoms with Crippen LogP contribution in [0.15, 0.2) is 53.4 Å². The van der Waals surface area contributed by atoms with Crippen molar-refractivity contribution in [2.24, 2.45) is 0 Å². The molecule has 1 aromatic heterocycles. The highest BCUT2D eigenvalue weighted by Crippen LogP contribution is 2.32. The highest BCUT2D eigenvalue weighted by atomic mass is 32.2. The number of benzene rings is 2. The zero-order valence-corrected chi connectivity index (χ0v) is 18.9. The quantitative estimate of drug-likeness (QED) is 0.531. The second-order valence-corrected chi connectivity index (χ2v) is 10.5. The van der Waals surface area contributed by atoms with E-state index in [1.807, 2.05) is 6.07 Å². The molecule has 4 rings (SSSR count). The Bertz CT molecular complexity index is 1340. The number of anilines is 1. The van der Waals surface area contributed by atoms with Crippen molar-refractivity contribution in [3.8, 4) is 0 Å². The maximum absolute atomic E-state index is 13.1. The molecule has 2 aromatic carbocycles. The summed E-state index contributed by atoms with van der Waals surface area (Å²) in [5, 5.41) is 5.56. The third-order valence-electron chi connectivity index (χ3n) is 5.31. The zero-order valence-electron chi connectivity index (χ0n) is 17.3. The fourth-order valence-corrected chi connectivity index (χ4v) is 5.27. The van der Waals surface area contributed by atoms with Crippen LogP contribution < -0.4 is 10.6 Å². The predicted octanol–water partition coefficient (Wildman–Crippen LogP) is 2.50. The molecule has 0 aliphatic carbocycles. The maximum atomic E-state index is 13.1. The van der Waals surface area contributed by atoms with Crippen molar-refractivity contribution < 1.29 is 22.8 Å². The van der Waals surface area contributed by atoms with E-state index in [4.69, 9.17) is 0 Å². The Labute approximate surface area is 188 Å². The van der Waals surface area contributed by atoms with Gasteiger partial charge in [0, 0.05) is 6.26 Å². The van der Waals surface area contributed by atoms with Gasteiger partial charge in [0.2, 0.25) is 5.91 Å². The van der Waals surface area contributed by atoms with E-state index in [9.17, 15) is 22.8 Å². The van der Waals surface area contributed by atoms with Crippen LogP contribution in [0.1, 0.15) is 18.9 Å². The van der Waals surface area contributed by atoms with E-state index in [1.54, 1.807) is 37.3 Å². The zero-order chi connectivity index (χ0) is 23.1. The Morgan fingerprint density at radius 2 is 1.91 bits per heavy atom. The summed E-state index contributed by atoms with van der Waals surface area (Å²) in [5.41, 5.74) is -0.0327. The first kappa shape index (κ1) is 21.9. The smallest absolute Gasteiger partial charge is 0.319 e. The Hall–Kier alpha value is -3.31. The Morgan fingerprint density at radius 3 is 2.56 bits per heavy atom. The number of nitrogens with zero attached hydrogens (tertiary/aromatic N) is 2. The minimum atomic E-state index is -3.37. The van der Waals surface area contributed by atoms with Crippen LogP contribution in [0, 0.1) is 0 Å². The van der Waals surface area contributed by atoms with Crippen LogP contribution in [0.2, 0.25) is 0 Å². The number of urea groups is 1. The van der Waals surface area contributed by atoms with Crippen LogP contribution in [0.4, 0.5) is 9.93 Å². The third kappa shape index (κ3) is 3.84. The molecule has 0 radical (unpaired) electrons. The predicted molar refractivity (Wildman–Crippen MR) is 120 cm³/mol. The largest absolute Gasteiger partial charge is 0.325 e. The number of aromatic nitrogens is 1. The summed E-state index contributed by atoms with van der Waals surface area (Å²) < 4.78 is 24.1. The number of hydrogen-bond acceptors (Lipinski definition) is 7. The number of thiazole rings is 1. The van der Waals surface area contributed by atoms with E-state index in [0.717, 1.165) is 22.5 Å². The van der Waals surface area contributed by atoms with Crippen molar-refractivity contribution in [3.05, 3.63) is 54.1 Å². The normalized spacial score (nSPS) is 18.8.